The summed E-state index contributed by atoms with van der Waals surface area (Å²) >= 11 is 12.9. The van der Waals surface area contributed by atoms with Crippen molar-refractivity contribution in [2.75, 3.05) is 13.1 Å². The van der Waals surface area contributed by atoms with E-state index in [0.29, 0.717) is 28.8 Å². The van der Waals surface area contributed by atoms with Crippen LogP contribution in [0.15, 0.2) is 73.8 Å². The van der Waals surface area contributed by atoms with Crippen LogP contribution in [-0.4, -0.2) is 28.2 Å². The fourth-order valence-electron chi connectivity index (χ4n) is 5.11. The third-order valence-corrected chi connectivity index (χ3v) is 7.45. The number of rotatable bonds is 8. The second-order valence-corrected chi connectivity index (χ2v) is 10.6. The first-order valence-corrected chi connectivity index (χ1v) is 13.2. The highest BCUT2D eigenvalue weighted by Gasteiger charge is 2.30. The number of hydrogen-bond donors (Lipinski definition) is 2. The van der Waals surface area contributed by atoms with Crippen molar-refractivity contribution in [2.45, 2.75) is 38.6 Å². The molecule has 0 saturated carbocycles. The fraction of sp³-hybridized carbons (Fsp3) is 0.290. The molecule has 1 saturated heterocycles. The lowest BCUT2D eigenvalue weighted by Crippen LogP contribution is -2.36. The van der Waals surface area contributed by atoms with Gasteiger partial charge in [-0.05, 0) is 109 Å². The summed E-state index contributed by atoms with van der Waals surface area (Å²) < 4.78 is 0. The zero-order chi connectivity index (χ0) is 25.8. The Morgan fingerprint density at radius 3 is 2.25 bits per heavy atom. The third-order valence-electron chi connectivity index (χ3n) is 7.01. The molecule has 1 aliphatic heterocycles. The van der Waals surface area contributed by atoms with E-state index in [1.807, 2.05) is 36.4 Å². The van der Waals surface area contributed by atoms with Crippen LogP contribution in [0.5, 0.6) is 11.5 Å². The van der Waals surface area contributed by atoms with Gasteiger partial charge in [0.2, 0.25) is 0 Å². The molecule has 1 fully saturated rings. The van der Waals surface area contributed by atoms with Gasteiger partial charge in [0.25, 0.3) is 0 Å². The molecular weight excluding hydrogens is 489 g/mol. The quantitative estimate of drug-likeness (QED) is 0.292. The molecule has 1 aliphatic rings. The van der Waals surface area contributed by atoms with Gasteiger partial charge in [-0.25, -0.2) is 0 Å². The van der Waals surface area contributed by atoms with Crippen LogP contribution in [0.2, 0.25) is 10.0 Å². The van der Waals surface area contributed by atoms with Gasteiger partial charge in [-0.15, -0.1) is 13.2 Å². The number of halogens is 2. The molecule has 0 amide bonds. The van der Waals surface area contributed by atoms with Crippen molar-refractivity contribution in [3.8, 4) is 22.6 Å². The fourth-order valence-corrected chi connectivity index (χ4v) is 5.65. The predicted octanol–water partition coefficient (Wildman–Crippen LogP) is 8.35. The van der Waals surface area contributed by atoms with E-state index in [4.69, 9.17) is 23.2 Å². The van der Waals surface area contributed by atoms with E-state index in [1.165, 1.54) is 0 Å². The number of benzene rings is 3. The predicted molar refractivity (Wildman–Crippen MR) is 151 cm³/mol. The number of aromatic hydroxyl groups is 2. The van der Waals surface area contributed by atoms with Crippen molar-refractivity contribution in [3.63, 3.8) is 0 Å². The Bertz CT molecular complexity index is 1240. The summed E-state index contributed by atoms with van der Waals surface area (Å²) in [7, 11) is 0. The van der Waals surface area contributed by atoms with Gasteiger partial charge in [0.15, 0.2) is 0 Å². The zero-order valence-electron chi connectivity index (χ0n) is 20.7. The largest absolute Gasteiger partial charge is 0.508 e. The Morgan fingerprint density at radius 1 is 0.944 bits per heavy atom. The molecular formula is C31H33Cl2NO2. The minimum absolute atomic E-state index is 0.207. The lowest BCUT2D eigenvalue weighted by Gasteiger charge is -2.38. The highest BCUT2D eigenvalue weighted by molar-refractivity contribution is 6.34. The molecule has 5 heteroatoms. The van der Waals surface area contributed by atoms with Crippen LogP contribution in [0, 0.1) is 5.92 Å². The van der Waals surface area contributed by atoms with E-state index in [-0.39, 0.29) is 17.5 Å². The number of likely N-dealkylation sites (tertiary alicyclic amines) is 1. The van der Waals surface area contributed by atoms with Crippen LogP contribution in [0.25, 0.3) is 11.1 Å². The van der Waals surface area contributed by atoms with Crippen LogP contribution in [-0.2, 0) is 12.8 Å². The number of hydrogen-bond acceptors (Lipinski definition) is 3. The van der Waals surface area contributed by atoms with Crippen molar-refractivity contribution in [2.24, 2.45) is 5.92 Å². The molecule has 3 nitrogen and oxygen atoms in total. The SMILES string of the molecule is C=CCc1cc(-c2ccc(O)c(CC=C)c2)c(O)c(C(c2cc(Cl)cc(Cl)c2)N2CCC(C)CC2)c1. The van der Waals surface area contributed by atoms with Crippen molar-refractivity contribution in [3.05, 3.63) is 106 Å². The van der Waals surface area contributed by atoms with Crippen LogP contribution in [0.1, 0.15) is 48.1 Å². The molecule has 4 rings (SSSR count). The zero-order valence-corrected chi connectivity index (χ0v) is 22.2. The molecule has 36 heavy (non-hydrogen) atoms. The van der Waals surface area contributed by atoms with E-state index in [9.17, 15) is 10.2 Å². The van der Waals surface area contributed by atoms with Crippen LogP contribution < -0.4 is 0 Å². The second-order valence-electron chi connectivity index (χ2n) is 9.73. The van der Waals surface area contributed by atoms with Gasteiger partial charge in [-0.2, -0.15) is 0 Å². The number of phenols is 2. The van der Waals surface area contributed by atoms with Crippen molar-refractivity contribution in [1.82, 2.24) is 4.90 Å². The molecule has 3 aromatic rings. The molecule has 0 spiro atoms. The Labute approximate surface area is 224 Å². The lowest BCUT2D eigenvalue weighted by atomic mass is 9.87. The van der Waals surface area contributed by atoms with E-state index < -0.39 is 0 Å². The number of piperidine rings is 1. The van der Waals surface area contributed by atoms with Gasteiger partial charge in [-0.1, -0.05) is 48.3 Å². The smallest absolute Gasteiger partial charge is 0.128 e. The van der Waals surface area contributed by atoms with E-state index in [0.717, 1.165) is 59.3 Å². The maximum Gasteiger partial charge on any atom is 0.128 e. The Hall–Kier alpha value is -2.72. The summed E-state index contributed by atoms with van der Waals surface area (Å²) in [5.41, 5.74) is 5.14. The molecule has 3 aromatic carbocycles. The topological polar surface area (TPSA) is 43.7 Å². The second kappa shape index (κ2) is 11.6. The minimum atomic E-state index is -0.207. The summed E-state index contributed by atoms with van der Waals surface area (Å²) in [6.07, 6.45) is 7.01. The number of allylic oxidation sites excluding steroid dienone is 2. The summed E-state index contributed by atoms with van der Waals surface area (Å²) in [6, 6.07) is 14.9. The molecule has 0 radical (unpaired) electrons. The highest BCUT2D eigenvalue weighted by atomic mass is 35.5. The first-order valence-electron chi connectivity index (χ1n) is 12.4. The van der Waals surface area contributed by atoms with Crippen molar-refractivity contribution < 1.29 is 10.2 Å². The molecule has 1 atom stereocenters. The number of phenolic OH excluding ortho intramolecular Hbond substituents is 2. The maximum atomic E-state index is 11.8. The van der Waals surface area contributed by atoms with Gasteiger partial charge in [0.1, 0.15) is 11.5 Å². The Balaban J connectivity index is 1.92. The first kappa shape index (κ1) is 26.3. The summed E-state index contributed by atoms with van der Waals surface area (Å²) in [6.45, 7) is 11.8. The molecule has 0 bridgehead atoms. The maximum absolute atomic E-state index is 11.8. The molecule has 0 aliphatic carbocycles. The van der Waals surface area contributed by atoms with Crippen molar-refractivity contribution >= 4 is 23.2 Å². The standard InChI is InChI=1S/C31H33Cl2NO2/c1-4-6-21-14-27(22-8-9-29(35)23(16-22)7-5-2)31(36)28(15-21)30(34-12-10-20(3)11-13-34)24-17-25(32)19-26(33)18-24/h4-5,8-9,14-20,30,35-36H,1-2,6-7,10-13H2,3H3. The van der Waals surface area contributed by atoms with Crippen LogP contribution in [0.4, 0.5) is 0 Å². The summed E-state index contributed by atoms with van der Waals surface area (Å²) in [5.74, 6) is 1.11. The third kappa shape index (κ3) is 5.81. The molecule has 0 aromatic heterocycles. The average Bonchev–Trinajstić information content (AvgIpc) is 2.83. The molecule has 2 N–H and O–H groups in total. The lowest BCUT2D eigenvalue weighted by molar-refractivity contribution is 0.156. The summed E-state index contributed by atoms with van der Waals surface area (Å²) in [5, 5.41) is 23.2. The Morgan fingerprint density at radius 2 is 1.61 bits per heavy atom. The first-order chi connectivity index (χ1) is 17.3. The van der Waals surface area contributed by atoms with Crippen molar-refractivity contribution in [1.29, 1.82) is 0 Å². The van der Waals surface area contributed by atoms with Gasteiger partial charge in [0, 0.05) is 21.2 Å². The average molecular weight is 523 g/mol. The normalized spacial score (nSPS) is 15.5. The van der Waals surface area contributed by atoms with Crippen LogP contribution in [0.3, 0.4) is 0 Å². The van der Waals surface area contributed by atoms with Gasteiger partial charge in [0.05, 0.1) is 6.04 Å². The van der Waals surface area contributed by atoms with Gasteiger partial charge in [-0.3, -0.25) is 4.90 Å². The monoisotopic (exact) mass is 521 g/mol. The molecule has 188 valence electrons. The van der Waals surface area contributed by atoms with Crippen LogP contribution >= 0.6 is 23.2 Å². The number of nitrogens with zero attached hydrogens (tertiary/aromatic N) is 1. The summed E-state index contributed by atoms with van der Waals surface area (Å²) in [4.78, 5) is 2.42. The highest BCUT2D eigenvalue weighted by Crippen LogP contribution is 2.44. The molecule has 1 unspecified atom stereocenters. The van der Waals surface area contributed by atoms with Gasteiger partial charge < -0.3 is 10.2 Å². The van der Waals surface area contributed by atoms with E-state index >= 15 is 0 Å². The molecule has 1 heterocycles. The minimum Gasteiger partial charge on any atom is -0.508 e. The van der Waals surface area contributed by atoms with E-state index in [1.54, 1.807) is 18.2 Å². The van der Waals surface area contributed by atoms with Gasteiger partial charge >= 0.3 is 0 Å². The Kier molecular flexibility index (Phi) is 8.46. The van der Waals surface area contributed by atoms with E-state index in [2.05, 4.69) is 31.0 Å².